The molecule has 1 spiro atoms. The van der Waals surface area contributed by atoms with Gasteiger partial charge in [-0.05, 0) is 42.5 Å². The maximum atomic E-state index is 12.9. The molecule has 5 heteroatoms. The van der Waals surface area contributed by atoms with Crippen LogP contribution in [0.3, 0.4) is 0 Å². The largest absolute Gasteiger partial charge is 0.375 e. The first kappa shape index (κ1) is 17.4. The Hall–Kier alpha value is -2.04. The number of benzene rings is 2. The monoisotopic (exact) mass is 370 g/mol. The van der Waals surface area contributed by atoms with Crippen LogP contribution in [0, 0.1) is 0 Å². The average Bonchev–Trinajstić information content (AvgIpc) is 2.66. The van der Waals surface area contributed by atoms with Gasteiger partial charge in [0, 0.05) is 18.1 Å². The third-order valence-electron chi connectivity index (χ3n) is 5.53. The van der Waals surface area contributed by atoms with Crippen molar-refractivity contribution in [3.63, 3.8) is 0 Å². The van der Waals surface area contributed by atoms with Gasteiger partial charge in [0.2, 0.25) is 0 Å². The number of carbonyl (C=O) groups is 1. The van der Waals surface area contributed by atoms with Gasteiger partial charge in [-0.2, -0.15) is 0 Å². The van der Waals surface area contributed by atoms with Gasteiger partial charge in [-0.1, -0.05) is 54.1 Å². The first-order chi connectivity index (χ1) is 12.7. The van der Waals surface area contributed by atoms with Crippen LogP contribution in [-0.4, -0.2) is 36.2 Å². The molecule has 2 saturated heterocycles. The molecule has 4 nitrogen and oxygen atoms in total. The van der Waals surface area contributed by atoms with E-state index in [0.29, 0.717) is 5.02 Å². The van der Waals surface area contributed by atoms with E-state index in [-0.39, 0.29) is 17.7 Å². The van der Waals surface area contributed by atoms with Crippen molar-refractivity contribution in [2.24, 2.45) is 0 Å². The second-order valence-corrected chi connectivity index (χ2v) is 7.55. The van der Waals surface area contributed by atoms with Crippen LogP contribution in [0.15, 0.2) is 54.6 Å². The number of hydrogen-bond donors (Lipinski definition) is 1. The van der Waals surface area contributed by atoms with Crippen LogP contribution >= 0.6 is 11.6 Å². The van der Waals surface area contributed by atoms with Crippen molar-refractivity contribution in [1.82, 2.24) is 10.2 Å². The van der Waals surface area contributed by atoms with E-state index in [4.69, 9.17) is 16.3 Å². The molecule has 0 radical (unpaired) electrons. The van der Waals surface area contributed by atoms with Gasteiger partial charge in [-0.3, -0.25) is 0 Å². The second-order valence-electron chi connectivity index (χ2n) is 7.11. The van der Waals surface area contributed by atoms with Gasteiger partial charge in [-0.15, -0.1) is 0 Å². The van der Waals surface area contributed by atoms with E-state index in [1.54, 1.807) is 0 Å². The Balaban J connectivity index is 1.49. The van der Waals surface area contributed by atoms with Gasteiger partial charge >= 0.3 is 6.03 Å². The third-order valence-corrected chi connectivity index (χ3v) is 5.78. The predicted octanol–water partition coefficient (Wildman–Crippen LogP) is 4.39. The molecule has 2 aromatic rings. The van der Waals surface area contributed by atoms with Crippen LogP contribution in [0.1, 0.15) is 36.4 Å². The summed E-state index contributed by atoms with van der Waals surface area (Å²) >= 11 is 6.03. The minimum absolute atomic E-state index is 0.0250. The molecule has 2 aliphatic rings. The molecule has 1 N–H and O–H groups in total. The van der Waals surface area contributed by atoms with Gasteiger partial charge in [0.05, 0.1) is 18.2 Å². The van der Waals surface area contributed by atoms with Gasteiger partial charge in [-0.25, -0.2) is 4.79 Å². The number of amides is 2. The van der Waals surface area contributed by atoms with Gasteiger partial charge < -0.3 is 15.0 Å². The number of piperidine rings is 1. The number of ether oxygens (including phenoxy) is 1. The van der Waals surface area contributed by atoms with Crippen LogP contribution in [0.25, 0.3) is 0 Å². The van der Waals surface area contributed by atoms with Gasteiger partial charge in [0.15, 0.2) is 0 Å². The fourth-order valence-corrected chi connectivity index (χ4v) is 3.90. The fraction of sp³-hybridized carbons (Fsp3) is 0.381. The Morgan fingerprint density at radius 1 is 1.00 bits per heavy atom. The van der Waals surface area contributed by atoms with Crippen molar-refractivity contribution in [3.8, 4) is 0 Å². The van der Waals surface area contributed by atoms with E-state index in [9.17, 15) is 4.79 Å². The van der Waals surface area contributed by atoms with E-state index in [1.165, 1.54) is 0 Å². The third kappa shape index (κ3) is 3.57. The summed E-state index contributed by atoms with van der Waals surface area (Å²) in [5, 5.41) is 3.89. The summed E-state index contributed by atoms with van der Waals surface area (Å²) in [6, 6.07) is 17.5. The molecule has 0 aliphatic carbocycles. The molecule has 0 bridgehead atoms. The summed E-state index contributed by atoms with van der Waals surface area (Å²) in [6.07, 6.45) is 2.98. The Labute approximate surface area is 159 Å². The van der Waals surface area contributed by atoms with Crippen LogP contribution in [0.2, 0.25) is 5.02 Å². The highest BCUT2D eigenvalue weighted by Gasteiger charge is 2.42. The number of urea groups is 1. The zero-order valence-electron chi connectivity index (χ0n) is 14.7. The van der Waals surface area contributed by atoms with Crippen molar-refractivity contribution >= 4 is 17.6 Å². The van der Waals surface area contributed by atoms with Crippen LogP contribution in [-0.2, 0) is 4.74 Å². The summed E-state index contributed by atoms with van der Waals surface area (Å²) in [5.74, 6) is 0. The SMILES string of the molecule is O=C(N[C@@H](c1ccccc1)c1ccc(Cl)cc1)N1CCC2(CCO2)CC1. The highest BCUT2D eigenvalue weighted by molar-refractivity contribution is 6.30. The van der Waals surface area contributed by atoms with Crippen LogP contribution in [0.5, 0.6) is 0 Å². The highest BCUT2D eigenvalue weighted by atomic mass is 35.5. The molecular formula is C21H23ClN2O2. The maximum absolute atomic E-state index is 12.9. The number of carbonyl (C=O) groups excluding carboxylic acids is 1. The Kier molecular flexibility index (Phi) is 4.88. The van der Waals surface area contributed by atoms with Crippen molar-refractivity contribution in [2.75, 3.05) is 19.7 Å². The Morgan fingerprint density at radius 3 is 2.19 bits per heavy atom. The first-order valence-corrected chi connectivity index (χ1v) is 9.53. The van der Waals surface area contributed by atoms with E-state index in [1.807, 2.05) is 59.5 Å². The van der Waals surface area contributed by atoms with Crippen molar-refractivity contribution in [3.05, 3.63) is 70.7 Å². The minimum atomic E-state index is -0.197. The van der Waals surface area contributed by atoms with E-state index in [2.05, 4.69) is 5.32 Å². The lowest BCUT2D eigenvalue weighted by Gasteiger charge is -2.47. The minimum Gasteiger partial charge on any atom is -0.375 e. The molecule has 4 rings (SSSR count). The standard InChI is InChI=1S/C21H23ClN2O2/c22-18-8-6-17(7-9-18)19(16-4-2-1-3-5-16)23-20(25)24-13-10-21(11-14-24)12-15-26-21/h1-9,19H,10-15H2,(H,23,25)/t19-/m0/s1. The topological polar surface area (TPSA) is 41.6 Å². The maximum Gasteiger partial charge on any atom is 0.318 e. The molecule has 2 aliphatic heterocycles. The van der Waals surface area contributed by atoms with E-state index in [0.717, 1.165) is 50.1 Å². The van der Waals surface area contributed by atoms with Crippen LogP contribution in [0.4, 0.5) is 4.79 Å². The molecular weight excluding hydrogens is 348 g/mol. The number of nitrogens with one attached hydrogen (secondary N) is 1. The summed E-state index contributed by atoms with van der Waals surface area (Å²) in [5.41, 5.74) is 2.12. The summed E-state index contributed by atoms with van der Waals surface area (Å²) < 4.78 is 5.75. The predicted molar refractivity (Wildman–Crippen MR) is 102 cm³/mol. The Bertz CT molecular complexity index is 749. The number of rotatable bonds is 3. The lowest BCUT2D eigenvalue weighted by molar-refractivity contribution is -0.169. The molecule has 1 atom stereocenters. The quantitative estimate of drug-likeness (QED) is 0.870. The van der Waals surface area contributed by atoms with Crippen molar-refractivity contribution in [1.29, 1.82) is 0 Å². The zero-order chi connectivity index (χ0) is 18.0. The Morgan fingerprint density at radius 2 is 1.62 bits per heavy atom. The highest BCUT2D eigenvalue weighted by Crippen LogP contribution is 2.36. The van der Waals surface area contributed by atoms with Crippen molar-refractivity contribution in [2.45, 2.75) is 30.9 Å². The summed E-state index contributed by atoms with van der Waals surface area (Å²) in [4.78, 5) is 14.8. The average molecular weight is 371 g/mol. The number of likely N-dealkylation sites (tertiary alicyclic amines) is 1. The molecule has 2 amide bonds. The number of hydrogen-bond acceptors (Lipinski definition) is 2. The zero-order valence-corrected chi connectivity index (χ0v) is 15.4. The summed E-state index contributed by atoms with van der Waals surface area (Å²) in [6.45, 7) is 2.35. The lowest BCUT2D eigenvalue weighted by atomic mass is 9.84. The molecule has 136 valence electrons. The first-order valence-electron chi connectivity index (χ1n) is 9.15. The fourth-order valence-electron chi connectivity index (χ4n) is 3.78. The number of halogens is 1. The molecule has 0 unspecified atom stereocenters. The van der Waals surface area contributed by atoms with Crippen LogP contribution < -0.4 is 5.32 Å². The smallest absolute Gasteiger partial charge is 0.318 e. The molecule has 2 aromatic carbocycles. The number of nitrogens with zero attached hydrogens (tertiary/aromatic N) is 1. The normalized spacial score (nSPS) is 19.7. The van der Waals surface area contributed by atoms with Gasteiger partial charge in [0.1, 0.15) is 0 Å². The van der Waals surface area contributed by atoms with E-state index < -0.39 is 0 Å². The van der Waals surface area contributed by atoms with Crippen molar-refractivity contribution < 1.29 is 9.53 Å². The van der Waals surface area contributed by atoms with Gasteiger partial charge in [0.25, 0.3) is 0 Å². The lowest BCUT2D eigenvalue weighted by Crippen LogP contribution is -2.55. The molecule has 0 saturated carbocycles. The summed E-state index contributed by atoms with van der Waals surface area (Å²) in [7, 11) is 0. The molecule has 26 heavy (non-hydrogen) atoms. The molecule has 0 aromatic heterocycles. The van der Waals surface area contributed by atoms with E-state index >= 15 is 0 Å². The molecule has 2 heterocycles. The second kappa shape index (κ2) is 7.29. The molecule has 2 fully saturated rings.